The molecular formula is C16H18N2O4. The van der Waals surface area contributed by atoms with Crippen LogP contribution in [0.5, 0.6) is 5.75 Å². The molecular weight excluding hydrogens is 284 g/mol. The van der Waals surface area contributed by atoms with Crippen molar-refractivity contribution in [2.24, 2.45) is 0 Å². The fourth-order valence-corrected chi connectivity index (χ4v) is 1.78. The highest BCUT2D eigenvalue weighted by molar-refractivity contribution is 5.89. The second-order valence-electron chi connectivity index (χ2n) is 4.67. The summed E-state index contributed by atoms with van der Waals surface area (Å²) in [6.45, 7) is 2.35. The van der Waals surface area contributed by atoms with Crippen LogP contribution in [0.2, 0.25) is 0 Å². The average molecular weight is 302 g/mol. The van der Waals surface area contributed by atoms with Gasteiger partial charge in [0.05, 0.1) is 6.54 Å². The van der Waals surface area contributed by atoms with Crippen molar-refractivity contribution < 1.29 is 19.1 Å². The third kappa shape index (κ3) is 4.97. The molecule has 0 aliphatic carbocycles. The number of amides is 1. The van der Waals surface area contributed by atoms with E-state index in [0.717, 1.165) is 11.3 Å². The van der Waals surface area contributed by atoms with Gasteiger partial charge in [-0.05, 0) is 36.8 Å². The van der Waals surface area contributed by atoms with E-state index in [-0.39, 0.29) is 12.5 Å². The molecule has 0 spiro atoms. The number of hydrogen-bond acceptors (Lipinski definition) is 4. The first-order valence-corrected chi connectivity index (χ1v) is 6.92. The van der Waals surface area contributed by atoms with Crippen molar-refractivity contribution in [2.45, 2.75) is 6.92 Å². The molecule has 2 N–H and O–H groups in total. The number of carbonyl (C=O) groups is 2. The van der Waals surface area contributed by atoms with Gasteiger partial charge in [0, 0.05) is 6.20 Å². The largest absolute Gasteiger partial charge is 0.492 e. The molecule has 0 saturated heterocycles. The smallest absolute Gasteiger partial charge is 0.355 e. The molecule has 0 aliphatic rings. The van der Waals surface area contributed by atoms with Gasteiger partial charge in [-0.15, -0.1) is 0 Å². The summed E-state index contributed by atoms with van der Waals surface area (Å²) in [5.41, 5.74) is 1.42. The quantitative estimate of drug-likeness (QED) is 0.602. The summed E-state index contributed by atoms with van der Waals surface area (Å²) >= 11 is 0. The molecule has 0 aliphatic heterocycles. The van der Waals surface area contributed by atoms with Crippen LogP contribution in [0.15, 0.2) is 42.6 Å². The van der Waals surface area contributed by atoms with Gasteiger partial charge < -0.3 is 19.8 Å². The van der Waals surface area contributed by atoms with Gasteiger partial charge in [0.15, 0.2) is 6.61 Å². The van der Waals surface area contributed by atoms with Gasteiger partial charge in [0.25, 0.3) is 5.91 Å². The van der Waals surface area contributed by atoms with E-state index in [1.165, 1.54) is 0 Å². The maximum Gasteiger partial charge on any atom is 0.355 e. The Morgan fingerprint density at radius 3 is 2.82 bits per heavy atom. The lowest BCUT2D eigenvalue weighted by atomic mass is 10.2. The molecule has 0 atom stereocenters. The molecule has 1 aromatic carbocycles. The first kappa shape index (κ1) is 15.6. The molecule has 0 unspecified atom stereocenters. The molecule has 22 heavy (non-hydrogen) atoms. The van der Waals surface area contributed by atoms with E-state index in [4.69, 9.17) is 9.47 Å². The van der Waals surface area contributed by atoms with Crippen LogP contribution in [0.3, 0.4) is 0 Å². The van der Waals surface area contributed by atoms with E-state index in [2.05, 4.69) is 10.3 Å². The summed E-state index contributed by atoms with van der Waals surface area (Å²) in [5.74, 6) is -0.170. The minimum atomic E-state index is -0.559. The van der Waals surface area contributed by atoms with Crippen LogP contribution in [0.25, 0.3) is 0 Å². The molecule has 116 valence electrons. The summed E-state index contributed by atoms with van der Waals surface area (Å²) in [7, 11) is 0. The summed E-state index contributed by atoms with van der Waals surface area (Å²) in [4.78, 5) is 25.7. The number of esters is 1. The third-order valence-corrected chi connectivity index (χ3v) is 2.83. The van der Waals surface area contributed by atoms with E-state index in [0.29, 0.717) is 18.8 Å². The Labute approximate surface area is 128 Å². The summed E-state index contributed by atoms with van der Waals surface area (Å²) < 4.78 is 10.4. The van der Waals surface area contributed by atoms with Crippen molar-refractivity contribution in [2.75, 3.05) is 19.8 Å². The van der Waals surface area contributed by atoms with Gasteiger partial charge in [0.2, 0.25) is 0 Å². The number of ether oxygens (including phenoxy) is 2. The molecule has 1 aromatic heterocycles. The molecule has 0 saturated carbocycles. The predicted octanol–water partition coefficient (Wildman–Crippen LogP) is 1.68. The Balaban J connectivity index is 1.61. The van der Waals surface area contributed by atoms with Gasteiger partial charge in [0.1, 0.15) is 18.1 Å². The molecule has 2 aromatic rings. The maximum absolute atomic E-state index is 11.5. The van der Waals surface area contributed by atoms with E-state index in [9.17, 15) is 9.59 Å². The minimum Gasteiger partial charge on any atom is -0.492 e. The molecule has 0 bridgehead atoms. The lowest BCUT2D eigenvalue weighted by Crippen LogP contribution is -2.32. The van der Waals surface area contributed by atoms with Crippen LogP contribution >= 0.6 is 0 Å². The van der Waals surface area contributed by atoms with E-state index < -0.39 is 5.97 Å². The molecule has 2 rings (SSSR count). The van der Waals surface area contributed by atoms with Gasteiger partial charge in [-0.25, -0.2) is 4.79 Å². The van der Waals surface area contributed by atoms with Crippen molar-refractivity contribution >= 4 is 11.9 Å². The number of carbonyl (C=O) groups excluding carboxylic acids is 2. The number of hydrogen-bond donors (Lipinski definition) is 2. The Kier molecular flexibility index (Phi) is 5.59. The van der Waals surface area contributed by atoms with Gasteiger partial charge in [-0.2, -0.15) is 0 Å². The Morgan fingerprint density at radius 1 is 1.23 bits per heavy atom. The van der Waals surface area contributed by atoms with Crippen LogP contribution in [-0.2, 0) is 9.53 Å². The van der Waals surface area contributed by atoms with Crippen LogP contribution in [0.4, 0.5) is 0 Å². The van der Waals surface area contributed by atoms with Gasteiger partial charge >= 0.3 is 5.97 Å². The van der Waals surface area contributed by atoms with Gasteiger partial charge in [-0.3, -0.25) is 4.79 Å². The Bertz CT molecular complexity index is 623. The zero-order valence-electron chi connectivity index (χ0n) is 12.3. The molecule has 1 heterocycles. The maximum atomic E-state index is 11.5. The number of aromatic amines is 1. The SMILES string of the molecule is Cc1cccc(OCCNC(=O)COC(=O)c2ccc[nH]2)c1. The van der Waals surface area contributed by atoms with Crippen LogP contribution in [0.1, 0.15) is 16.1 Å². The summed E-state index contributed by atoms with van der Waals surface area (Å²) in [5, 5.41) is 2.62. The highest BCUT2D eigenvalue weighted by atomic mass is 16.5. The lowest BCUT2D eigenvalue weighted by Gasteiger charge is -2.08. The highest BCUT2D eigenvalue weighted by Gasteiger charge is 2.10. The Morgan fingerprint density at radius 2 is 2.09 bits per heavy atom. The second kappa shape index (κ2) is 7.87. The number of rotatable bonds is 7. The van der Waals surface area contributed by atoms with Crippen molar-refractivity contribution in [3.63, 3.8) is 0 Å². The first-order chi connectivity index (χ1) is 10.6. The summed E-state index contributed by atoms with van der Waals surface area (Å²) in [6.07, 6.45) is 1.61. The van der Waals surface area contributed by atoms with Crippen LogP contribution in [-0.4, -0.2) is 36.6 Å². The topological polar surface area (TPSA) is 80.4 Å². The fraction of sp³-hybridized carbons (Fsp3) is 0.250. The van der Waals surface area contributed by atoms with Crippen molar-refractivity contribution in [3.8, 4) is 5.75 Å². The number of aromatic nitrogens is 1. The number of H-pyrrole nitrogens is 1. The zero-order valence-corrected chi connectivity index (χ0v) is 12.3. The molecule has 0 radical (unpaired) electrons. The standard InChI is InChI=1S/C16H18N2O4/c1-12-4-2-5-13(10-12)21-9-8-18-15(19)11-22-16(20)14-6-3-7-17-14/h2-7,10,17H,8-9,11H2,1H3,(H,18,19). The van der Waals surface area contributed by atoms with E-state index in [1.54, 1.807) is 18.3 Å². The number of benzene rings is 1. The second-order valence-corrected chi connectivity index (χ2v) is 4.67. The predicted molar refractivity (Wildman–Crippen MR) is 80.8 cm³/mol. The monoisotopic (exact) mass is 302 g/mol. The Hall–Kier alpha value is -2.76. The fourth-order valence-electron chi connectivity index (χ4n) is 1.78. The van der Waals surface area contributed by atoms with Crippen LogP contribution in [0, 0.1) is 6.92 Å². The molecule has 6 heteroatoms. The average Bonchev–Trinajstić information content (AvgIpc) is 3.04. The van der Waals surface area contributed by atoms with E-state index in [1.807, 2.05) is 31.2 Å². The van der Waals surface area contributed by atoms with Crippen molar-refractivity contribution in [3.05, 3.63) is 53.9 Å². The molecule has 0 fully saturated rings. The lowest BCUT2D eigenvalue weighted by molar-refractivity contribution is -0.124. The molecule has 6 nitrogen and oxygen atoms in total. The van der Waals surface area contributed by atoms with E-state index >= 15 is 0 Å². The van der Waals surface area contributed by atoms with Crippen LogP contribution < -0.4 is 10.1 Å². The zero-order chi connectivity index (χ0) is 15.8. The highest BCUT2D eigenvalue weighted by Crippen LogP contribution is 2.11. The minimum absolute atomic E-state index is 0.315. The molecule has 1 amide bonds. The normalized spacial score (nSPS) is 10.0. The van der Waals surface area contributed by atoms with Crippen molar-refractivity contribution in [1.82, 2.24) is 10.3 Å². The third-order valence-electron chi connectivity index (χ3n) is 2.83. The number of aryl methyl sites for hydroxylation is 1. The number of nitrogens with one attached hydrogen (secondary N) is 2. The van der Waals surface area contributed by atoms with Crippen molar-refractivity contribution in [1.29, 1.82) is 0 Å². The first-order valence-electron chi connectivity index (χ1n) is 6.92. The van der Waals surface area contributed by atoms with Gasteiger partial charge in [-0.1, -0.05) is 12.1 Å². The summed E-state index contributed by atoms with van der Waals surface area (Å²) in [6, 6.07) is 10.9.